The number of thiazole rings is 1. The highest BCUT2D eigenvalue weighted by atomic mass is 79.9. The molecule has 2 aromatic rings. The van der Waals surface area contributed by atoms with E-state index in [0.29, 0.717) is 0 Å². The first-order chi connectivity index (χ1) is 5.75. The fraction of sp³-hybridized carbons (Fsp3) is 0.125. The van der Waals surface area contributed by atoms with E-state index in [2.05, 4.69) is 20.9 Å². The first-order valence-electron chi connectivity index (χ1n) is 3.44. The van der Waals surface area contributed by atoms with Gasteiger partial charge in [0.25, 0.3) is 0 Å². The highest BCUT2D eigenvalue weighted by Crippen LogP contribution is 2.29. The molecule has 0 aliphatic heterocycles. The Kier molecular flexibility index (Phi) is 2.02. The molecule has 0 aliphatic rings. The topological polar surface area (TPSA) is 26.0 Å². The SMILES string of the molecule is Cc1ccc(-c2ncc(Br)s2)o1. The second kappa shape index (κ2) is 3.03. The highest BCUT2D eigenvalue weighted by molar-refractivity contribution is 9.11. The quantitative estimate of drug-likeness (QED) is 0.767. The summed E-state index contributed by atoms with van der Waals surface area (Å²) in [6, 6.07) is 3.87. The zero-order chi connectivity index (χ0) is 8.55. The van der Waals surface area contributed by atoms with Gasteiger partial charge in [-0.3, -0.25) is 0 Å². The van der Waals surface area contributed by atoms with E-state index in [9.17, 15) is 0 Å². The van der Waals surface area contributed by atoms with Gasteiger partial charge in [0.15, 0.2) is 10.8 Å². The van der Waals surface area contributed by atoms with Crippen molar-refractivity contribution < 1.29 is 4.42 Å². The van der Waals surface area contributed by atoms with Gasteiger partial charge in [-0.1, -0.05) is 0 Å². The maximum Gasteiger partial charge on any atom is 0.162 e. The highest BCUT2D eigenvalue weighted by Gasteiger charge is 2.06. The van der Waals surface area contributed by atoms with Crippen LogP contribution in [0.3, 0.4) is 0 Å². The fourth-order valence-corrected chi connectivity index (χ4v) is 2.09. The maximum atomic E-state index is 5.41. The molecule has 0 aromatic carbocycles. The number of halogens is 1. The molecule has 0 bridgehead atoms. The third-order valence-electron chi connectivity index (χ3n) is 1.43. The smallest absolute Gasteiger partial charge is 0.162 e. The van der Waals surface area contributed by atoms with Crippen molar-refractivity contribution in [3.8, 4) is 10.8 Å². The zero-order valence-corrected chi connectivity index (χ0v) is 8.78. The van der Waals surface area contributed by atoms with E-state index in [1.807, 2.05) is 19.1 Å². The summed E-state index contributed by atoms with van der Waals surface area (Å²) in [4.78, 5) is 4.18. The van der Waals surface area contributed by atoms with E-state index < -0.39 is 0 Å². The Morgan fingerprint density at radius 3 is 2.83 bits per heavy atom. The molecule has 0 saturated carbocycles. The Balaban J connectivity index is 2.43. The molecule has 2 rings (SSSR count). The molecular formula is C8H6BrNOS. The number of nitrogens with zero attached hydrogens (tertiary/aromatic N) is 1. The van der Waals surface area contributed by atoms with Crippen LogP contribution in [-0.4, -0.2) is 4.98 Å². The summed E-state index contributed by atoms with van der Waals surface area (Å²) in [6.45, 7) is 1.92. The minimum atomic E-state index is 0.836. The second-order valence-corrected chi connectivity index (χ2v) is 4.79. The zero-order valence-electron chi connectivity index (χ0n) is 6.37. The number of hydrogen-bond acceptors (Lipinski definition) is 3. The monoisotopic (exact) mass is 243 g/mol. The largest absolute Gasteiger partial charge is 0.459 e. The van der Waals surface area contributed by atoms with Gasteiger partial charge in [0.2, 0.25) is 0 Å². The van der Waals surface area contributed by atoms with Crippen LogP contribution in [0.25, 0.3) is 10.8 Å². The van der Waals surface area contributed by atoms with E-state index in [0.717, 1.165) is 20.3 Å². The molecule has 4 heteroatoms. The third-order valence-corrected chi connectivity index (χ3v) is 2.92. The summed E-state index contributed by atoms with van der Waals surface area (Å²) >= 11 is 4.92. The number of furan rings is 1. The van der Waals surface area contributed by atoms with Gasteiger partial charge in [-0.25, -0.2) is 4.98 Å². The van der Waals surface area contributed by atoms with Gasteiger partial charge in [0.1, 0.15) is 5.76 Å². The van der Waals surface area contributed by atoms with Crippen LogP contribution in [0.1, 0.15) is 5.76 Å². The summed E-state index contributed by atoms with van der Waals surface area (Å²) in [5, 5.41) is 0.912. The molecule has 0 atom stereocenters. The van der Waals surface area contributed by atoms with Crippen LogP contribution >= 0.6 is 27.3 Å². The third kappa shape index (κ3) is 1.44. The first kappa shape index (κ1) is 8.01. The lowest BCUT2D eigenvalue weighted by Crippen LogP contribution is -1.66. The van der Waals surface area contributed by atoms with Crippen molar-refractivity contribution in [2.45, 2.75) is 6.92 Å². The first-order valence-corrected chi connectivity index (χ1v) is 5.05. The maximum absolute atomic E-state index is 5.41. The molecular weight excluding hydrogens is 238 g/mol. The van der Waals surface area contributed by atoms with Crippen molar-refractivity contribution in [1.29, 1.82) is 0 Å². The Morgan fingerprint density at radius 2 is 2.33 bits per heavy atom. The number of aryl methyl sites for hydroxylation is 1. The van der Waals surface area contributed by atoms with Crippen LogP contribution in [0.4, 0.5) is 0 Å². The van der Waals surface area contributed by atoms with Crippen LogP contribution in [-0.2, 0) is 0 Å². The predicted octanol–water partition coefficient (Wildman–Crippen LogP) is 3.47. The van der Waals surface area contributed by atoms with Crippen LogP contribution < -0.4 is 0 Å². The van der Waals surface area contributed by atoms with Crippen LogP contribution in [0.2, 0.25) is 0 Å². The lowest BCUT2D eigenvalue weighted by atomic mass is 10.4. The Morgan fingerprint density at radius 1 is 1.50 bits per heavy atom. The molecule has 0 N–H and O–H groups in total. The van der Waals surface area contributed by atoms with Crippen molar-refractivity contribution in [3.63, 3.8) is 0 Å². The van der Waals surface area contributed by atoms with Gasteiger partial charge in [0, 0.05) is 0 Å². The Hall–Kier alpha value is -0.610. The number of rotatable bonds is 1. The van der Waals surface area contributed by atoms with E-state index in [1.54, 1.807) is 17.5 Å². The molecule has 2 aromatic heterocycles. The van der Waals surface area contributed by atoms with E-state index in [-0.39, 0.29) is 0 Å². The molecule has 0 fully saturated rings. The van der Waals surface area contributed by atoms with Crippen molar-refractivity contribution >= 4 is 27.3 Å². The number of hydrogen-bond donors (Lipinski definition) is 0. The van der Waals surface area contributed by atoms with Crippen molar-refractivity contribution in [2.75, 3.05) is 0 Å². The Bertz CT molecular complexity index is 355. The summed E-state index contributed by atoms with van der Waals surface area (Å²) in [5.41, 5.74) is 0. The minimum Gasteiger partial charge on any atom is -0.459 e. The molecule has 0 amide bonds. The molecule has 62 valence electrons. The van der Waals surface area contributed by atoms with E-state index >= 15 is 0 Å². The van der Waals surface area contributed by atoms with Gasteiger partial charge in [-0.15, -0.1) is 11.3 Å². The molecule has 0 unspecified atom stereocenters. The molecule has 0 aliphatic carbocycles. The molecule has 0 spiro atoms. The fourth-order valence-electron chi connectivity index (χ4n) is 0.918. The normalized spacial score (nSPS) is 10.5. The molecule has 2 nitrogen and oxygen atoms in total. The second-order valence-electron chi connectivity index (χ2n) is 2.38. The average Bonchev–Trinajstić information content (AvgIpc) is 2.58. The van der Waals surface area contributed by atoms with E-state index in [4.69, 9.17) is 4.42 Å². The molecule has 0 saturated heterocycles. The van der Waals surface area contributed by atoms with Gasteiger partial charge >= 0.3 is 0 Å². The minimum absolute atomic E-state index is 0.836. The summed E-state index contributed by atoms with van der Waals surface area (Å²) in [5.74, 6) is 1.75. The standard InChI is InChI=1S/C8H6BrNOS/c1-5-2-3-6(11-5)8-10-4-7(9)12-8/h2-4H,1H3. The average molecular weight is 244 g/mol. The molecule has 0 radical (unpaired) electrons. The van der Waals surface area contributed by atoms with Gasteiger partial charge in [0.05, 0.1) is 9.98 Å². The number of aromatic nitrogens is 1. The predicted molar refractivity (Wildman–Crippen MR) is 52.3 cm³/mol. The van der Waals surface area contributed by atoms with Crippen molar-refractivity contribution in [1.82, 2.24) is 4.98 Å². The Labute approximate surface area is 82.4 Å². The molecule has 12 heavy (non-hydrogen) atoms. The van der Waals surface area contributed by atoms with Crippen molar-refractivity contribution in [2.24, 2.45) is 0 Å². The van der Waals surface area contributed by atoms with Crippen molar-refractivity contribution in [3.05, 3.63) is 27.9 Å². The summed E-state index contributed by atoms with van der Waals surface area (Å²) < 4.78 is 6.43. The van der Waals surface area contributed by atoms with Gasteiger partial charge in [-0.2, -0.15) is 0 Å². The van der Waals surface area contributed by atoms with Gasteiger partial charge in [-0.05, 0) is 35.0 Å². The lowest BCUT2D eigenvalue weighted by Gasteiger charge is -1.86. The summed E-state index contributed by atoms with van der Waals surface area (Å²) in [7, 11) is 0. The summed E-state index contributed by atoms with van der Waals surface area (Å²) in [6.07, 6.45) is 1.78. The van der Waals surface area contributed by atoms with Crippen LogP contribution in [0.15, 0.2) is 26.5 Å². The van der Waals surface area contributed by atoms with Gasteiger partial charge < -0.3 is 4.42 Å². The van der Waals surface area contributed by atoms with Crippen LogP contribution in [0.5, 0.6) is 0 Å². The van der Waals surface area contributed by atoms with Crippen LogP contribution in [0, 0.1) is 6.92 Å². The van der Waals surface area contributed by atoms with E-state index in [1.165, 1.54) is 0 Å². The molecule has 2 heterocycles. The lowest BCUT2D eigenvalue weighted by molar-refractivity contribution is 0.548.